The maximum absolute atomic E-state index is 11.5. The van der Waals surface area contributed by atoms with Crippen LogP contribution in [0.15, 0.2) is 72.8 Å². The number of benzene rings is 3. The Labute approximate surface area is 164 Å². The van der Waals surface area contributed by atoms with Crippen molar-refractivity contribution in [3.8, 4) is 6.07 Å². The molecule has 0 unspecified atom stereocenters. The van der Waals surface area contributed by atoms with Gasteiger partial charge in [0, 0.05) is 0 Å². The summed E-state index contributed by atoms with van der Waals surface area (Å²) < 4.78 is 4.70. The normalized spacial score (nSPS) is 10.9. The Kier molecular flexibility index (Phi) is 6.17. The number of hydrogen-bond acceptors (Lipinski definition) is 3. The van der Waals surface area contributed by atoms with E-state index in [-0.39, 0.29) is 5.97 Å². The summed E-state index contributed by atoms with van der Waals surface area (Å²) in [6.07, 6.45) is 7.96. The van der Waals surface area contributed by atoms with Gasteiger partial charge in [-0.25, -0.2) is 4.79 Å². The van der Waals surface area contributed by atoms with E-state index in [0.717, 1.165) is 22.3 Å². The van der Waals surface area contributed by atoms with Crippen LogP contribution in [0.4, 0.5) is 0 Å². The molecule has 136 valence electrons. The SMILES string of the molecule is COC(=O)c1ccc(/C=C/c2ccc(/C=C/c3ccccc3C#N)cc2)cc1. The van der Waals surface area contributed by atoms with Gasteiger partial charge in [0.25, 0.3) is 0 Å². The molecule has 0 amide bonds. The maximum Gasteiger partial charge on any atom is 0.337 e. The van der Waals surface area contributed by atoms with Crippen LogP contribution in [0, 0.1) is 11.3 Å². The number of methoxy groups -OCH3 is 1. The molecule has 0 aliphatic rings. The van der Waals surface area contributed by atoms with Gasteiger partial charge in [-0.3, -0.25) is 0 Å². The summed E-state index contributed by atoms with van der Waals surface area (Å²) in [7, 11) is 1.37. The Morgan fingerprint density at radius 3 is 1.82 bits per heavy atom. The van der Waals surface area contributed by atoms with Gasteiger partial charge < -0.3 is 4.74 Å². The Bertz CT molecular complexity index is 1050. The smallest absolute Gasteiger partial charge is 0.337 e. The quantitative estimate of drug-likeness (QED) is 0.431. The molecule has 28 heavy (non-hydrogen) atoms. The predicted molar refractivity (Wildman–Crippen MR) is 113 cm³/mol. The van der Waals surface area contributed by atoms with Gasteiger partial charge in [0.2, 0.25) is 0 Å². The van der Waals surface area contributed by atoms with E-state index in [4.69, 9.17) is 10.00 Å². The van der Waals surface area contributed by atoms with Crippen LogP contribution >= 0.6 is 0 Å². The molecule has 3 rings (SSSR count). The highest BCUT2D eigenvalue weighted by Gasteiger charge is 2.03. The zero-order valence-electron chi connectivity index (χ0n) is 15.5. The lowest BCUT2D eigenvalue weighted by atomic mass is 10.1. The molecule has 0 radical (unpaired) electrons. The number of hydrogen-bond donors (Lipinski definition) is 0. The average Bonchev–Trinajstić information content (AvgIpc) is 2.77. The van der Waals surface area contributed by atoms with Gasteiger partial charge in [0.15, 0.2) is 0 Å². The highest BCUT2D eigenvalue weighted by Crippen LogP contribution is 2.15. The van der Waals surface area contributed by atoms with Crippen molar-refractivity contribution in [1.82, 2.24) is 0 Å². The van der Waals surface area contributed by atoms with E-state index >= 15 is 0 Å². The molecule has 0 heterocycles. The minimum absolute atomic E-state index is 0.337. The number of ether oxygens (including phenoxy) is 1. The number of carbonyl (C=O) groups is 1. The predicted octanol–water partition coefficient (Wildman–Crippen LogP) is 5.69. The van der Waals surface area contributed by atoms with Crippen LogP contribution in [0.25, 0.3) is 24.3 Å². The summed E-state index contributed by atoms with van der Waals surface area (Å²) in [4.78, 5) is 11.5. The highest BCUT2D eigenvalue weighted by atomic mass is 16.5. The molecule has 3 heteroatoms. The Morgan fingerprint density at radius 1 is 0.786 bits per heavy atom. The van der Waals surface area contributed by atoms with E-state index in [1.807, 2.05) is 85.0 Å². The van der Waals surface area contributed by atoms with Crippen LogP contribution in [-0.2, 0) is 4.74 Å². The standard InChI is InChI=1S/C25H19NO2/c1-28-25(27)23-16-13-21(14-17-23)11-8-19-6-9-20(10-7-19)12-15-22-4-2-3-5-24(22)18-26/h2-17H,1H3/b11-8+,15-12+. The van der Waals surface area contributed by atoms with Crippen molar-refractivity contribution in [2.24, 2.45) is 0 Å². The van der Waals surface area contributed by atoms with Crippen molar-refractivity contribution in [2.45, 2.75) is 0 Å². The molecule has 0 spiro atoms. The maximum atomic E-state index is 11.5. The number of nitrogens with zero attached hydrogens (tertiary/aromatic N) is 1. The Hall–Kier alpha value is -3.90. The zero-order chi connectivity index (χ0) is 19.8. The molecule has 3 aromatic rings. The summed E-state index contributed by atoms with van der Waals surface area (Å²) in [5.74, 6) is -0.337. The fourth-order valence-corrected chi connectivity index (χ4v) is 2.69. The van der Waals surface area contributed by atoms with Gasteiger partial charge in [-0.2, -0.15) is 5.26 Å². The Morgan fingerprint density at radius 2 is 1.29 bits per heavy atom. The van der Waals surface area contributed by atoms with Crippen molar-refractivity contribution < 1.29 is 9.53 Å². The second kappa shape index (κ2) is 9.16. The lowest BCUT2D eigenvalue weighted by Crippen LogP contribution is -2.00. The van der Waals surface area contributed by atoms with Crippen molar-refractivity contribution >= 4 is 30.3 Å². The van der Waals surface area contributed by atoms with Gasteiger partial charge in [0.05, 0.1) is 24.3 Å². The zero-order valence-corrected chi connectivity index (χ0v) is 15.5. The fourth-order valence-electron chi connectivity index (χ4n) is 2.69. The van der Waals surface area contributed by atoms with Crippen LogP contribution in [0.3, 0.4) is 0 Å². The fraction of sp³-hybridized carbons (Fsp3) is 0.0400. The van der Waals surface area contributed by atoms with Crippen LogP contribution in [-0.4, -0.2) is 13.1 Å². The minimum Gasteiger partial charge on any atom is -0.465 e. The molecule has 0 atom stereocenters. The lowest BCUT2D eigenvalue weighted by molar-refractivity contribution is 0.0600. The van der Waals surface area contributed by atoms with Crippen LogP contribution < -0.4 is 0 Å². The van der Waals surface area contributed by atoms with E-state index in [0.29, 0.717) is 11.1 Å². The topological polar surface area (TPSA) is 50.1 Å². The molecule has 0 bridgehead atoms. The number of rotatable bonds is 5. The number of esters is 1. The number of nitriles is 1. The molecule has 0 saturated carbocycles. The van der Waals surface area contributed by atoms with Crippen molar-refractivity contribution in [3.63, 3.8) is 0 Å². The largest absolute Gasteiger partial charge is 0.465 e. The molecule has 0 saturated heterocycles. The molecule has 0 N–H and O–H groups in total. The van der Waals surface area contributed by atoms with E-state index in [1.165, 1.54) is 7.11 Å². The third-order valence-corrected chi connectivity index (χ3v) is 4.27. The van der Waals surface area contributed by atoms with E-state index in [9.17, 15) is 4.79 Å². The Balaban J connectivity index is 1.67. The number of carbonyl (C=O) groups excluding carboxylic acids is 1. The second-order valence-electron chi connectivity index (χ2n) is 6.15. The molecule has 0 aliphatic heterocycles. The summed E-state index contributed by atoms with van der Waals surface area (Å²) in [6, 6.07) is 25.1. The first-order chi connectivity index (χ1) is 13.7. The van der Waals surface area contributed by atoms with Crippen molar-refractivity contribution in [1.29, 1.82) is 5.26 Å². The molecule has 0 aromatic heterocycles. The van der Waals surface area contributed by atoms with Gasteiger partial charge in [0.1, 0.15) is 0 Å². The summed E-state index contributed by atoms with van der Waals surface area (Å²) >= 11 is 0. The summed E-state index contributed by atoms with van der Waals surface area (Å²) in [5, 5.41) is 9.15. The highest BCUT2D eigenvalue weighted by molar-refractivity contribution is 5.89. The van der Waals surface area contributed by atoms with E-state index < -0.39 is 0 Å². The summed E-state index contributed by atoms with van der Waals surface area (Å²) in [5.41, 5.74) is 5.25. The first-order valence-corrected chi connectivity index (χ1v) is 8.83. The van der Waals surface area contributed by atoms with Crippen molar-refractivity contribution in [2.75, 3.05) is 7.11 Å². The molecular weight excluding hydrogens is 346 g/mol. The first kappa shape index (κ1) is 18.9. The van der Waals surface area contributed by atoms with Crippen LogP contribution in [0.5, 0.6) is 0 Å². The van der Waals surface area contributed by atoms with Gasteiger partial charge in [-0.05, 0) is 40.5 Å². The lowest BCUT2D eigenvalue weighted by Gasteiger charge is -2.00. The van der Waals surface area contributed by atoms with Gasteiger partial charge in [-0.15, -0.1) is 0 Å². The monoisotopic (exact) mass is 365 g/mol. The third-order valence-electron chi connectivity index (χ3n) is 4.27. The second-order valence-corrected chi connectivity index (χ2v) is 6.15. The van der Waals surface area contributed by atoms with Gasteiger partial charge >= 0.3 is 5.97 Å². The molecule has 3 aromatic carbocycles. The third kappa shape index (κ3) is 4.84. The molecular formula is C25H19NO2. The first-order valence-electron chi connectivity index (χ1n) is 8.83. The summed E-state index contributed by atoms with van der Waals surface area (Å²) in [6.45, 7) is 0. The van der Waals surface area contributed by atoms with E-state index in [1.54, 1.807) is 12.1 Å². The molecule has 0 aliphatic carbocycles. The van der Waals surface area contributed by atoms with Crippen molar-refractivity contribution in [3.05, 3.63) is 106 Å². The minimum atomic E-state index is -0.337. The molecule has 0 fully saturated rings. The van der Waals surface area contributed by atoms with E-state index in [2.05, 4.69) is 6.07 Å². The van der Waals surface area contributed by atoms with Crippen LogP contribution in [0.2, 0.25) is 0 Å². The van der Waals surface area contributed by atoms with Gasteiger partial charge in [-0.1, -0.05) is 78.9 Å². The van der Waals surface area contributed by atoms with Crippen LogP contribution in [0.1, 0.15) is 38.2 Å². The average molecular weight is 365 g/mol. The molecule has 3 nitrogen and oxygen atoms in total.